The van der Waals surface area contributed by atoms with E-state index in [1.165, 1.54) is 22.9 Å². The number of hydrogen-bond acceptors (Lipinski definition) is 8. The number of methoxy groups -OCH3 is 1. The lowest BCUT2D eigenvalue weighted by Gasteiger charge is -2.48. The molecular weight excluding hydrogens is 499 g/mol. The number of nitrogens with zero attached hydrogens (tertiary/aromatic N) is 3. The zero-order valence-electron chi connectivity index (χ0n) is 23.4. The second-order valence-electron chi connectivity index (χ2n) is 12.0. The minimum Gasteiger partial charge on any atom is -0.443 e. The van der Waals surface area contributed by atoms with Gasteiger partial charge in [-0.3, -0.25) is 4.99 Å². The molecule has 0 saturated heterocycles. The van der Waals surface area contributed by atoms with Crippen LogP contribution < -0.4 is 5.73 Å². The average molecular weight is 543 g/mol. The van der Waals surface area contributed by atoms with Crippen molar-refractivity contribution >= 4 is 36.8 Å². The Balaban J connectivity index is 2.59. The Labute approximate surface area is 220 Å². The first-order valence-electron chi connectivity index (χ1n) is 12.2. The van der Waals surface area contributed by atoms with Crippen LogP contribution >= 0.6 is 11.8 Å². The van der Waals surface area contributed by atoms with Gasteiger partial charge in [-0.15, -0.1) is 0 Å². The van der Waals surface area contributed by atoms with Gasteiger partial charge in [0.1, 0.15) is 12.3 Å². The molecule has 0 saturated carbocycles. The molecule has 2 heterocycles. The number of rotatable bonds is 8. The van der Waals surface area contributed by atoms with Crippen molar-refractivity contribution in [3.8, 4) is 0 Å². The number of carbonyl (C=O) groups excluding carboxylic acids is 1. The lowest BCUT2D eigenvalue weighted by Crippen LogP contribution is -2.53. The number of aliphatic imine (C=N–C) groups is 1. The summed E-state index contributed by atoms with van der Waals surface area (Å²) in [4.78, 5) is 23.6. The van der Waals surface area contributed by atoms with Crippen molar-refractivity contribution in [3.05, 3.63) is 23.8 Å². The maximum atomic E-state index is 15.1. The number of carbonyl (C=O) groups is 1. The summed E-state index contributed by atoms with van der Waals surface area (Å²) in [6.07, 6.45) is 0.701. The minimum atomic E-state index is -1.33. The van der Waals surface area contributed by atoms with E-state index in [9.17, 15) is 4.79 Å². The molecule has 1 aliphatic heterocycles. The summed E-state index contributed by atoms with van der Waals surface area (Å²) in [5, 5.41) is 0.374. The summed E-state index contributed by atoms with van der Waals surface area (Å²) in [5.41, 5.74) is 4.78. The average Bonchev–Trinajstić information content (AvgIpc) is 2.71. The Morgan fingerprint density at radius 3 is 2.50 bits per heavy atom. The highest BCUT2D eigenvalue weighted by Crippen LogP contribution is 2.51. The Bertz CT molecular complexity index is 968. The van der Waals surface area contributed by atoms with Crippen LogP contribution in [0.3, 0.4) is 0 Å². The fourth-order valence-corrected chi connectivity index (χ4v) is 6.15. The second kappa shape index (κ2) is 11.4. The van der Waals surface area contributed by atoms with Crippen molar-refractivity contribution in [1.82, 2.24) is 9.88 Å². The molecule has 3 atom stereocenters. The van der Waals surface area contributed by atoms with E-state index in [0.717, 1.165) is 6.04 Å². The predicted octanol–water partition coefficient (Wildman–Crippen LogP) is 5.71. The number of thioether (sulfide) groups is 1. The Morgan fingerprint density at radius 1 is 1.31 bits per heavy atom. The van der Waals surface area contributed by atoms with Crippen LogP contribution in [-0.4, -0.2) is 66.6 Å². The molecule has 0 unspecified atom stereocenters. The lowest BCUT2D eigenvalue weighted by atomic mass is 9.74. The standard InChI is InChI=1S/C25H43FN4O4SSi/c1-17-24(5,15-32-7)35-21(29-25(17,6)19-13-18(27)14-28-20(19)26)30(22(31)34-23(2,3)4)16-33-11-12-36(8,9)10/h13-14,17H,11-12,15-16,27H2,1-10H3/t17-,24-,25+/m1/s1. The summed E-state index contributed by atoms with van der Waals surface area (Å²) >= 11 is 1.40. The molecule has 0 radical (unpaired) electrons. The summed E-state index contributed by atoms with van der Waals surface area (Å²) < 4.78 is 31.8. The number of amidine groups is 1. The van der Waals surface area contributed by atoms with Crippen molar-refractivity contribution in [2.45, 2.75) is 83.1 Å². The van der Waals surface area contributed by atoms with Crippen LogP contribution in [0.2, 0.25) is 25.7 Å². The van der Waals surface area contributed by atoms with Crippen LogP contribution in [0.5, 0.6) is 0 Å². The van der Waals surface area contributed by atoms with Crippen molar-refractivity contribution in [1.29, 1.82) is 0 Å². The van der Waals surface area contributed by atoms with E-state index in [0.29, 0.717) is 24.1 Å². The number of nitrogen functional groups attached to an aromatic ring is 1. The first kappa shape index (κ1) is 30.5. The number of pyridine rings is 1. The van der Waals surface area contributed by atoms with Crippen molar-refractivity contribution in [3.63, 3.8) is 0 Å². The number of anilines is 1. The van der Waals surface area contributed by atoms with Crippen LogP contribution in [0.15, 0.2) is 17.3 Å². The highest BCUT2D eigenvalue weighted by Gasteiger charge is 2.52. The molecule has 204 valence electrons. The van der Waals surface area contributed by atoms with E-state index in [1.807, 2.05) is 20.8 Å². The molecule has 0 fully saturated rings. The molecule has 11 heteroatoms. The molecule has 0 aliphatic carbocycles. The van der Waals surface area contributed by atoms with E-state index in [2.05, 4.69) is 24.6 Å². The predicted molar refractivity (Wildman–Crippen MR) is 147 cm³/mol. The lowest BCUT2D eigenvalue weighted by molar-refractivity contribution is 0.0106. The summed E-state index contributed by atoms with van der Waals surface area (Å²) in [6, 6.07) is 2.51. The summed E-state index contributed by atoms with van der Waals surface area (Å²) in [7, 11) is 0.292. The SMILES string of the molecule is COC[C@@]1(C)SC(N(COCC[Si](C)(C)C)C(=O)OC(C)(C)C)=N[C@](C)(c2cc(N)cnc2F)[C@@H]1C. The maximum Gasteiger partial charge on any atom is 0.418 e. The van der Waals surface area contributed by atoms with Gasteiger partial charge in [-0.05, 0) is 46.7 Å². The highest BCUT2D eigenvalue weighted by atomic mass is 32.2. The van der Waals surface area contributed by atoms with E-state index in [4.69, 9.17) is 24.9 Å². The van der Waals surface area contributed by atoms with Crippen LogP contribution in [-0.2, 0) is 19.7 Å². The first-order valence-corrected chi connectivity index (χ1v) is 16.7. The third kappa shape index (κ3) is 7.66. The molecule has 36 heavy (non-hydrogen) atoms. The first-order chi connectivity index (χ1) is 16.4. The molecule has 0 spiro atoms. The van der Waals surface area contributed by atoms with Gasteiger partial charge in [0.25, 0.3) is 0 Å². The van der Waals surface area contributed by atoms with Gasteiger partial charge in [-0.1, -0.05) is 38.3 Å². The minimum absolute atomic E-state index is 0.0313. The molecule has 1 aliphatic rings. The van der Waals surface area contributed by atoms with Gasteiger partial charge in [0.2, 0.25) is 5.95 Å². The molecule has 2 rings (SSSR count). The number of amides is 1. The summed E-state index contributed by atoms with van der Waals surface area (Å²) in [5.74, 6) is -0.853. The van der Waals surface area contributed by atoms with E-state index in [-0.39, 0.29) is 18.2 Å². The molecule has 2 N–H and O–H groups in total. The topological polar surface area (TPSA) is 99.3 Å². The highest BCUT2D eigenvalue weighted by molar-refractivity contribution is 8.15. The molecule has 0 bridgehead atoms. The van der Waals surface area contributed by atoms with Crippen molar-refractivity contribution < 1.29 is 23.4 Å². The quantitative estimate of drug-likeness (QED) is 0.194. The third-order valence-electron chi connectivity index (χ3n) is 6.31. The molecule has 0 aromatic carbocycles. The van der Waals surface area contributed by atoms with Crippen LogP contribution in [0.4, 0.5) is 14.9 Å². The number of aromatic nitrogens is 1. The van der Waals surface area contributed by atoms with Crippen molar-refractivity contribution in [2.75, 3.05) is 32.8 Å². The van der Waals surface area contributed by atoms with E-state index < -0.39 is 36.0 Å². The molecule has 1 aromatic rings. The van der Waals surface area contributed by atoms with Gasteiger partial charge in [0.15, 0.2) is 5.17 Å². The van der Waals surface area contributed by atoms with Crippen LogP contribution in [0.25, 0.3) is 0 Å². The molecule has 1 amide bonds. The number of nitrogens with two attached hydrogens (primary N) is 1. The molecular formula is C25H43FN4O4SSi. The maximum absolute atomic E-state index is 15.1. The normalized spacial score (nSPS) is 24.9. The summed E-state index contributed by atoms with van der Waals surface area (Å²) in [6.45, 7) is 18.9. The van der Waals surface area contributed by atoms with E-state index >= 15 is 4.39 Å². The second-order valence-corrected chi connectivity index (χ2v) is 19.1. The number of halogens is 1. The van der Waals surface area contributed by atoms with E-state index in [1.54, 1.807) is 33.9 Å². The Hall–Kier alpha value is -1.69. The fourth-order valence-electron chi connectivity index (χ4n) is 3.92. The zero-order chi connectivity index (χ0) is 27.5. The Morgan fingerprint density at radius 2 is 1.94 bits per heavy atom. The zero-order valence-corrected chi connectivity index (χ0v) is 25.2. The van der Waals surface area contributed by atoms with Gasteiger partial charge in [-0.25, -0.2) is 14.7 Å². The van der Waals surface area contributed by atoms with Crippen LogP contribution in [0.1, 0.15) is 47.1 Å². The van der Waals surface area contributed by atoms with Gasteiger partial charge < -0.3 is 19.9 Å². The van der Waals surface area contributed by atoms with Gasteiger partial charge in [0, 0.05) is 38.0 Å². The smallest absolute Gasteiger partial charge is 0.418 e. The largest absolute Gasteiger partial charge is 0.443 e. The number of ether oxygens (including phenoxy) is 3. The molecule has 1 aromatic heterocycles. The van der Waals surface area contributed by atoms with Gasteiger partial charge in [0.05, 0.1) is 24.0 Å². The van der Waals surface area contributed by atoms with Gasteiger partial charge >= 0.3 is 6.09 Å². The van der Waals surface area contributed by atoms with Crippen LogP contribution in [0, 0.1) is 11.9 Å². The monoisotopic (exact) mass is 542 g/mol. The van der Waals surface area contributed by atoms with Crippen molar-refractivity contribution in [2.24, 2.45) is 10.9 Å². The molecule has 8 nitrogen and oxygen atoms in total. The number of hydrogen-bond donors (Lipinski definition) is 1. The Kier molecular flexibility index (Phi) is 9.64. The third-order valence-corrected chi connectivity index (χ3v) is 9.45. The fraction of sp³-hybridized carbons (Fsp3) is 0.720. The van der Waals surface area contributed by atoms with Gasteiger partial charge in [-0.2, -0.15) is 4.39 Å².